The third kappa shape index (κ3) is 4.70. The van der Waals surface area contributed by atoms with Gasteiger partial charge in [-0.3, -0.25) is 4.79 Å². The third-order valence-corrected chi connectivity index (χ3v) is 4.97. The number of rotatable bonds is 5. The minimum Gasteiger partial charge on any atom is -0.481 e. The summed E-state index contributed by atoms with van der Waals surface area (Å²) in [4.78, 5) is 16.5. The summed E-state index contributed by atoms with van der Waals surface area (Å²) < 4.78 is 0. The lowest BCUT2D eigenvalue weighted by Gasteiger charge is -2.15. The second-order valence-electron chi connectivity index (χ2n) is 6.69. The molecule has 0 amide bonds. The summed E-state index contributed by atoms with van der Waals surface area (Å²) in [5.74, 6) is -0.889. The van der Waals surface area contributed by atoms with Crippen molar-refractivity contribution in [3.8, 4) is 11.1 Å². The van der Waals surface area contributed by atoms with Gasteiger partial charge in [0, 0.05) is 10.4 Å². The van der Waals surface area contributed by atoms with Gasteiger partial charge in [0.25, 0.3) is 0 Å². The van der Waals surface area contributed by atoms with Crippen molar-refractivity contribution in [2.75, 3.05) is 0 Å². The SMILES string of the molecule is Cl.O=C(O)Cc1c(C=Cc2ccc(Cl)cc2)nc2ccccc2c1-c1ccccc1. The molecule has 0 saturated carbocycles. The van der Waals surface area contributed by atoms with Crippen LogP contribution < -0.4 is 0 Å². The minimum atomic E-state index is -0.889. The fraction of sp³-hybridized carbons (Fsp3) is 0.0400. The number of aliphatic carboxylic acids is 1. The summed E-state index contributed by atoms with van der Waals surface area (Å²) in [5.41, 5.74) is 5.04. The van der Waals surface area contributed by atoms with E-state index >= 15 is 0 Å². The summed E-state index contributed by atoms with van der Waals surface area (Å²) >= 11 is 5.96. The van der Waals surface area contributed by atoms with Crippen LogP contribution in [0.1, 0.15) is 16.8 Å². The molecule has 1 heterocycles. The maximum atomic E-state index is 11.7. The van der Waals surface area contributed by atoms with Crippen LogP contribution in [0.4, 0.5) is 0 Å². The van der Waals surface area contributed by atoms with Crippen molar-refractivity contribution in [1.82, 2.24) is 4.98 Å². The van der Waals surface area contributed by atoms with E-state index in [0.29, 0.717) is 16.3 Å². The van der Waals surface area contributed by atoms with Gasteiger partial charge in [-0.05, 0) is 46.5 Å². The van der Waals surface area contributed by atoms with E-state index in [2.05, 4.69) is 0 Å². The van der Waals surface area contributed by atoms with Gasteiger partial charge >= 0.3 is 5.97 Å². The molecule has 0 bridgehead atoms. The number of para-hydroxylation sites is 1. The number of hydrogen-bond acceptors (Lipinski definition) is 2. The highest BCUT2D eigenvalue weighted by atomic mass is 35.5. The number of carboxylic acids is 1. The van der Waals surface area contributed by atoms with E-state index in [0.717, 1.165) is 27.6 Å². The van der Waals surface area contributed by atoms with Gasteiger partial charge in [-0.25, -0.2) is 4.98 Å². The van der Waals surface area contributed by atoms with Crippen molar-refractivity contribution >= 4 is 53.0 Å². The topological polar surface area (TPSA) is 50.2 Å². The standard InChI is InChI=1S/C25H18ClNO2.ClH/c26-19-13-10-17(11-14-19)12-15-23-21(16-24(28)29)25(18-6-2-1-3-7-18)20-8-4-5-9-22(20)27-23;/h1-15H,16H2,(H,28,29);1H. The minimum absolute atomic E-state index is 0. The number of carbonyl (C=O) groups is 1. The molecule has 0 spiro atoms. The molecule has 0 saturated heterocycles. The van der Waals surface area contributed by atoms with Crippen LogP contribution in [0.15, 0.2) is 78.9 Å². The average molecular weight is 436 g/mol. The predicted octanol–water partition coefficient (Wildman–Crippen LogP) is 6.77. The molecule has 0 aliphatic heterocycles. The van der Waals surface area contributed by atoms with Gasteiger partial charge in [-0.1, -0.05) is 78.3 Å². The van der Waals surface area contributed by atoms with E-state index in [4.69, 9.17) is 16.6 Å². The lowest BCUT2D eigenvalue weighted by atomic mass is 9.92. The van der Waals surface area contributed by atoms with Crippen molar-refractivity contribution in [1.29, 1.82) is 0 Å². The molecule has 3 nitrogen and oxygen atoms in total. The van der Waals surface area contributed by atoms with Gasteiger partial charge in [0.15, 0.2) is 0 Å². The Morgan fingerprint density at radius 2 is 1.57 bits per heavy atom. The lowest BCUT2D eigenvalue weighted by molar-refractivity contribution is -0.136. The average Bonchev–Trinajstić information content (AvgIpc) is 2.73. The summed E-state index contributed by atoms with van der Waals surface area (Å²) in [6.45, 7) is 0. The number of carboxylic acid groups (broad SMARTS) is 1. The smallest absolute Gasteiger partial charge is 0.307 e. The Hall–Kier alpha value is -3.14. The number of hydrogen-bond donors (Lipinski definition) is 1. The molecule has 4 rings (SSSR count). The van der Waals surface area contributed by atoms with E-state index in [9.17, 15) is 9.90 Å². The van der Waals surface area contributed by atoms with Crippen LogP contribution in [-0.2, 0) is 11.2 Å². The first-order valence-electron chi connectivity index (χ1n) is 9.24. The molecule has 30 heavy (non-hydrogen) atoms. The quantitative estimate of drug-likeness (QED) is 0.375. The number of fused-ring (bicyclic) bond motifs is 1. The molecule has 3 aromatic carbocycles. The van der Waals surface area contributed by atoms with Crippen molar-refractivity contribution in [2.45, 2.75) is 6.42 Å². The third-order valence-electron chi connectivity index (χ3n) is 4.72. The summed E-state index contributed by atoms with van der Waals surface area (Å²) in [6, 6.07) is 25.2. The summed E-state index contributed by atoms with van der Waals surface area (Å²) in [6.07, 6.45) is 3.69. The Balaban J connectivity index is 0.00000256. The van der Waals surface area contributed by atoms with Crippen LogP contribution in [-0.4, -0.2) is 16.1 Å². The van der Waals surface area contributed by atoms with E-state index in [1.807, 2.05) is 91.0 Å². The molecule has 1 N–H and O–H groups in total. The molecule has 150 valence electrons. The van der Waals surface area contributed by atoms with Crippen LogP contribution in [0.25, 0.3) is 34.2 Å². The van der Waals surface area contributed by atoms with Crippen LogP contribution in [0.2, 0.25) is 5.02 Å². The number of halogens is 2. The maximum Gasteiger partial charge on any atom is 0.307 e. The predicted molar refractivity (Wildman–Crippen MR) is 126 cm³/mol. The highest BCUT2D eigenvalue weighted by Gasteiger charge is 2.17. The first kappa shape index (κ1) is 21.6. The first-order valence-corrected chi connectivity index (χ1v) is 9.62. The number of pyridine rings is 1. The molecule has 0 aliphatic rings. The Kier molecular flexibility index (Phi) is 6.88. The molecule has 5 heteroatoms. The van der Waals surface area contributed by atoms with Gasteiger partial charge in [-0.15, -0.1) is 12.4 Å². The van der Waals surface area contributed by atoms with E-state index in [1.165, 1.54) is 0 Å². The zero-order valence-corrected chi connectivity index (χ0v) is 17.5. The second-order valence-corrected chi connectivity index (χ2v) is 7.13. The van der Waals surface area contributed by atoms with Crippen LogP contribution in [0.3, 0.4) is 0 Å². The molecule has 0 unspecified atom stereocenters. The Morgan fingerprint density at radius 3 is 2.27 bits per heavy atom. The fourth-order valence-electron chi connectivity index (χ4n) is 3.42. The number of benzene rings is 3. The maximum absolute atomic E-state index is 11.7. The summed E-state index contributed by atoms with van der Waals surface area (Å²) in [5, 5.41) is 11.2. The van der Waals surface area contributed by atoms with Crippen molar-refractivity contribution < 1.29 is 9.90 Å². The first-order chi connectivity index (χ1) is 14.1. The zero-order valence-electron chi connectivity index (χ0n) is 16.0. The molecule has 1 aromatic heterocycles. The van der Waals surface area contributed by atoms with Crippen molar-refractivity contribution in [2.24, 2.45) is 0 Å². The monoisotopic (exact) mass is 435 g/mol. The highest BCUT2D eigenvalue weighted by molar-refractivity contribution is 6.30. The van der Waals surface area contributed by atoms with Crippen molar-refractivity contribution in [3.63, 3.8) is 0 Å². The molecular formula is C25H19Cl2NO2. The fourth-order valence-corrected chi connectivity index (χ4v) is 3.55. The Labute approximate surface area is 186 Å². The molecule has 0 radical (unpaired) electrons. The molecule has 0 aliphatic carbocycles. The molecule has 0 atom stereocenters. The molecule has 0 fully saturated rings. The normalized spacial score (nSPS) is 10.8. The van der Waals surface area contributed by atoms with Gasteiger partial charge in [0.2, 0.25) is 0 Å². The Bertz CT molecular complexity index is 1200. The Morgan fingerprint density at radius 1 is 0.900 bits per heavy atom. The van der Waals surface area contributed by atoms with Crippen LogP contribution in [0, 0.1) is 0 Å². The second kappa shape index (κ2) is 9.57. The van der Waals surface area contributed by atoms with E-state index in [-0.39, 0.29) is 18.8 Å². The highest BCUT2D eigenvalue weighted by Crippen LogP contribution is 2.34. The lowest BCUT2D eigenvalue weighted by Crippen LogP contribution is -2.06. The van der Waals surface area contributed by atoms with Crippen LogP contribution in [0.5, 0.6) is 0 Å². The van der Waals surface area contributed by atoms with Gasteiger partial charge in [-0.2, -0.15) is 0 Å². The molecule has 4 aromatic rings. The number of nitrogens with zero attached hydrogens (tertiary/aromatic N) is 1. The zero-order chi connectivity index (χ0) is 20.2. The molecular weight excluding hydrogens is 417 g/mol. The van der Waals surface area contributed by atoms with Gasteiger partial charge in [0.05, 0.1) is 17.6 Å². The van der Waals surface area contributed by atoms with Crippen LogP contribution >= 0.6 is 24.0 Å². The van der Waals surface area contributed by atoms with Crippen molar-refractivity contribution in [3.05, 3.63) is 101 Å². The summed E-state index contributed by atoms with van der Waals surface area (Å²) in [7, 11) is 0. The van der Waals surface area contributed by atoms with E-state index < -0.39 is 5.97 Å². The number of aromatic nitrogens is 1. The van der Waals surface area contributed by atoms with Gasteiger partial charge in [0.1, 0.15) is 0 Å². The largest absolute Gasteiger partial charge is 0.481 e. The van der Waals surface area contributed by atoms with Gasteiger partial charge < -0.3 is 5.11 Å². The van der Waals surface area contributed by atoms with E-state index in [1.54, 1.807) is 0 Å².